The number of hydrogen-bond acceptors (Lipinski definition) is 3. The first-order chi connectivity index (χ1) is 10.6. The molecule has 1 aliphatic carbocycles. The number of nitrogens with zero attached hydrogens (tertiary/aromatic N) is 2. The van der Waals surface area contributed by atoms with Crippen molar-refractivity contribution < 1.29 is 14.4 Å². The number of allylic oxidation sites excluding steroid dienone is 2. The van der Waals surface area contributed by atoms with Gasteiger partial charge in [0.2, 0.25) is 17.7 Å². The summed E-state index contributed by atoms with van der Waals surface area (Å²) in [5, 5.41) is 0. The van der Waals surface area contributed by atoms with Crippen LogP contribution in [0.4, 0.5) is 5.69 Å². The van der Waals surface area contributed by atoms with E-state index in [-0.39, 0.29) is 36.1 Å². The summed E-state index contributed by atoms with van der Waals surface area (Å²) in [5.74, 6) is -1.26. The van der Waals surface area contributed by atoms with Crippen molar-refractivity contribution in [2.75, 3.05) is 18.5 Å². The first kappa shape index (κ1) is 14.5. The number of amides is 3. The maximum absolute atomic E-state index is 12.4. The van der Waals surface area contributed by atoms with Crippen LogP contribution in [0.3, 0.4) is 0 Å². The lowest BCUT2D eigenvalue weighted by atomic mass is 9.85. The number of anilines is 1. The van der Waals surface area contributed by atoms with Crippen LogP contribution in [0.1, 0.15) is 12.8 Å². The van der Waals surface area contributed by atoms with E-state index >= 15 is 0 Å². The summed E-state index contributed by atoms with van der Waals surface area (Å²) >= 11 is 0. The molecule has 1 aromatic carbocycles. The van der Waals surface area contributed by atoms with Gasteiger partial charge in [0, 0.05) is 12.7 Å². The van der Waals surface area contributed by atoms with Crippen LogP contribution in [0, 0.1) is 11.8 Å². The summed E-state index contributed by atoms with van der Waals surface area (Å²) in [6, 6.07) is 9.18. The predicted molar refractivity (Wildman–Crippen MR) is 81.9 cm³/mol. The summed E-state index contributed by atoms with van der Waals surface area (Å²) in [7, 11) is 1.65. The normalized spacial score (nSPS) is 23.6. The number of fused-ring (bicyclic) bond motifs is 1. The molecular formula is C17H18N2O3. The summed E-state index contributed by atoms with van der Waals surface area (Å²) in [4.78, 5) is 39.7. The third kappa shape index (κ3) is 2.43. The molecule has 0 radical (unpaired) electrons. The van der Waals surface area contributed by atoms with Gasteiger partial charge in [0.05, 0.1) is 11.8 Å². The van der Waals surface area contributed by atoms with E-state index in [1.54, 1.807) is 7.05 Å². The number of para-hydroxylation sites is 1. The third-order valence-corrected chi connectivity index (χ3v) is 4.41. The Morgan fingerprint density at radius 2 is 1.64 bits per heavy atom. The van der Waals surface area contributed by atoms with Crippen molar-refractivity contribution in [3.05, 3.63) is 42.5 Å². The molecule has 0 unspecified atom stereocenters. The van der Waals surface area contributed by atoms with Gasteiger partial charge in [0.25, 0.3) is 0 Å². The number of likely N-dealkylation sites (N-methyl/N-ethyl adjacent to an activating group) is 1. The highest BCUT2D eigenvalue weighted by atomic mass is 16.2. The molecule has 1 fully saturated rings. The van der Waals surface area contributed by atoms with Gasteiger partial charge in [0.15, 0.2) is 0 Å². The molecule has 0 saturated carbocycles. The number of likely N-dealkylation sites (tertiary alicyclic amines) is 1. The summed E-state index contributed by atoms with van der Waals surface area (Å²) < 4.78 is 0. The monoisotopic (exact) mass is 298 g/mol. The number of rotatable bonds is 3. The Bertz CT molecular complexity index is 613. The molecule has 1 aliphatic heterocycles. The fourth-order valence-electron chi connectivity index (χ4n) is 3.06. The van der Waals surface area contributed by atoms with Gasteiger partial charge < -0.3 is 4.90 Å². The second kappa shape index (κ2) is 5.75. The molecule has 1 aromatic rings. The minimum absolute atomic E-state index is 0.184. The molecule has 114 valence electrons. The van der Waals surface area contributed by atoms with Crippen molar-refractivity contribution in [2.24, 2.45) is 11.8 Å². The molecule has 22 heavy (non-hydrogen) atoms. The zero-order chi connectivity index (χ0) is 15.7. The largest absolute Gasteiger partial charge is 0.314 e. The van der Waals surface area contributed by atoms with Crippen molar-refractivity contribution >= 4 is 23.4 Å². The molecule has 0 spiro atoms. The van der Waals surface area contributed by atoms with Crippen molar-refractivity contribution in [3.63, 3.8) is 0 Å². The van der Waals surface area contributed by atoms with Gasteiger partial charge in [0.1, 0.15) is 6.54 Å². The molecule has 2 atom stereocenters. The molecule has 0 bridgehead atoms. The zero-order valence-electron chi connectivity index (χ0n) is 12.4. The van der Waals surface area contributed by atoms with Gasteiger partial charge >= 0.3 is 0 Å². The topological polar surface area (TPSA) is 57.7 Å². The average molecular weight is 298 g/mol. The van der Waals surface area contributed by atoms with Crippen molar-refractivity contribution in [1.82, 2.24) is 4.90 Å². The third-order valence-electron chi connectivity index (χ3n) is 4.41. The van der Waals surface area contributed by atoms with Crippen molar-refractivity contribution in [1.29, 1.82) is 0 Å². The van der Waals surface area contributed by atoms with Gasteiger partial charge in [-0.05, 0) is 25.0 Å². The van der Waals surface area contributed by atoms with Crippen LogP contribution in [-0.2, 0) is 14.4 Å². The zero-order valence-corrected chi connectivity index (χ0v) is 12.4. The Morgan fingerprint density at radius 3 is 2.18 bits per heavy atom. The molecule has 3 rings (SSSR count). The molecule has 0 N–H and O–H groups in total. The second-order valence-electron chi connectivity index (χ2n) is 5.71. The average Bonchev–Trinajstić information content (AvgIpc) is 2.80. The molecule has 5 heteroatoms. The fraction of sp³-hybridized carbons (Fsp3) is 0.353. The van der Waals surface area contributed by atoms with Gasteiger partial charge in [-0.15, -0.1) is 0 Å². The number of benzene rings is 1. The van der Waals surface area contributed by atoms with E-state index in [0.29, 0.717) is 12.8 Å². The highest BCUT2D eigenvalue weighted by Gasteiger charge is 2.47. The van der Waals surface area contributed by atoms with E-state index in [9.17, 15) is 14.4 Å². The van der Waals surface area contributed by atoms with Crippen molar-refractivity contribution in [2.45, 2.75) is 12.8 Å². The summed E-state index contributed by atoms with van der Waals surface area (Å²) in [6.07, 6.45) is 5.06. The first-order valence-corrected chi connectivity index (χ1v) is 7.41. The number of imide groups is 1. The minimum Gasteiger partial charge on any atom is -0.314 e. The Balaban J connectivity index is 1.72. The van der Waals surface area contributed by atoms with Gasteiger partial charge in [-0.3, -0.25) is 19.3 Å². The molecular weight excluding hydrogens is 280 g/mol. The fourth-order valence-corrected chi connectivity index (χ4v) is 3.06. The van der Waals surface area contributed by atoms with Crippen molar-refractivity contribution in [3.8, 4) is 0 Å². The number of carbonyl (C=O) groups is 3. The predicted octanol–water partition coefficient (Wildman–Crippen LogP) is 1.60. The maximum atomic E-state index is 12.4. The Hall–Kier alpha value is -2.43. The van der Waals surface area contributed by atoms with E-state index in [1.165, 1.54) is 4.90 Å². The molecule has 2 aliphatic rings. The van der Waals surface area contributed by atoms with Crippen LogP contribution in [0.2, 0.25) is 0 Å². The van der Waals surface area contributed by atoms with Gasteiger partial charge in [-0.2, -0.15) is 0 Å². The van der Waals surface area contributed by atoms with Gasteiger partial charge in [-0.25, -0.2) is 0 Å². The Morgan fingerprint density at radius 1 is 1.09 bits per heavy atom. The second-order valence-corrected chi connectivity index (χ2v) is 5.71. The lowest BCUT2D eigenvalue weighted by Gasteiger charge is -2.21. The molecule has 0 aromatic heterocycles. The highest BCUT2D eigenvalue weighted by molar-refractivity contribution is 6.09. The van der Waals surface area contributed by atoms with Crippen LogP contribution < -0.4 is 4.90 Å². The van der Waals surface area contributed by atoms with Crippen LogP contribution >= 0.6 is 0 Å². The van der Waals surface area contributed by atoms with Gasteiger partial charge in [-0.1, -0.05) is 30.4 Å². The van der Waals surface area contributed by atoms with E-state index < -0.39 is 0 Å². The Kier molecular flexibility index (Phi) is 3.79. The lowest BCUT2D eigenvalue weighted by Crippen LogP contribution is -2.41. The SMILES string of the molecule is CN(C(=O)CN1C(=O)[C@H]2CC=CC[C@H]2C1=O)c1ccccc1. The quantitative estimate of drug-likeness (QED) is 0.629. The van der Waals surface area contributed by atoms with E-state index in [2.05, 4.69) is 0 Å². The van der Waals surface area contributed by atoms with Crippen LogP contribution in [-0.4, -0.2) is 36.2 Å². The molecule has 3 amide bonds. The number of carbonyl (C=O) groups excluding carboxylic acids is 3. The minimum atomic E-state index is -0.285. The molecule has 1 saturated heterocycles. The molecule has 5 nitrogen and oxygen atoms in total. The van der Waals surface area contributed by atoms with Crippen LogP contribution in [0.25, 0.3) is 0 Å². The lowest BCUT2D eigenvalue weighted by molar-refractivity contribution is -0.143. The first-order valence-electron chi connectivity index (χ1n) is 7.41. The molecule has 1 heterocycles. The Labute approximate surface area is 129 Å². The maximum Gasteiger partial charge on any atom is 0.246 e. The smallest absolute Gasteiger partial charge is 0.246 e. The highest BCUT2D eigenvalue weighted by Crippen LogP contribution is 2.34. The van der Waals surface area contributed by atoms with E-state index in [0.717, 1.165) is 10.6 Å². The standard InChI is InChI=1S/C17H18N2O3/c1-18(12-7-3-2-4-8-12)15(20)11-19-16(21)13-9-5-6-10-14(13)17(19)22/h2-8,13-14H,9-11H2,1H3/t13-,14+. The summed E-state index contributed by atoms with van der Waals surface area (Å²) in [5.41, 5.74) is 0.741. The van der Waals surface area contributed by atoms with E-state index in [4.69, 9.17) is 0 Å². The van der Waals surface area contributed by atoms with Crippen LogP contribution in [0.15, 0.2) is 42.5 Å². The summed E-state index contributed by atoms with van der Waals surface area (Å²) in [6.45, 7) is -0.184. The number of hydrogen-bond donors (Lipinski definition) is 0. The van der Waals surface area contributed by atoms with E-state index in [1.807, 2.05) is 42.5 Å². The van der Waals surface area contributed by atoms with Crippen LogP contribution in [0.5, 0.6) is 0 Å².